The lowest BCUT2D eigenvalue weighted by Gasteiger charge is -2.15. The van der Waals surface area contributed by atoms with Gasteiger partial charge in [0.1, 0.15) is 5.75 Å². The summed E-state index contributed by atoms with van der Waals surface area (Å²) in [5.74, 6) is 0.00618. The minimum absolute atomic E-state index is 0.0411. The summed E-state index contributed by atoms with van der Waals surface area (Å²) >= 11 is 5.93. The summed E-state index contributed by atoms with van der Waals surface area (Å²) in [5.41, 5.74) is 7.01. The molecule has 6 nitrogen and oxygen atoms in total. The van der Waals surface area contributed by atoms with Crippen LogP contribution in [0.5, 0.6) is 5.75 Å². The molecule has 27 heavy (non-hydrogen) atoms. The highest BCUT2D eigenvalue weighted by atomic mass is 35.5. The SMILES string of the molecule is CN=C(NCc1ccc(C(N)=O)cc1)NCc1cc(Cl)ccc1OC(F)F. The van der Waals surface area contributed by atoms with Gasteiger partial charge in [-0.1, -0.05) is 23.7 Å². The van der Waals surface area contributed by atoms with Crippen LogP contribution in [0.25, 0.3) is 0 Å². The van der Waals surface area contributed by atoms with Gasteiger partial charge in [0.15, 0.2) is 5.96 Å². The van der Waals surface area contributed by atoms with Gasteiger partial charge >= 0.3 is 6.61 Å². The molecule has 0 aliphatic heterocycles. The topological polar surface area (TPSA) is 88.7 Å². The maximum Gasteiger partial charge on any atom is 0.387 e. The van der Waals surface area contributed by atoms with Crippen molar-refractivity contribution in [3.05, 3.63) is 64.2 Å². The molecule has 0 saturated carbocycles. The lowest BCUT2D eigenvalue weighted by molar-refractivity contribution is -0.0504. The molecule has 0 atom stereocenters. The van der Waals surface area contributed by atoms with Crippen LogP contribution >= 0.6 is 11.6 Å². The van der Waals surface area contributed by atoms with Crippen molar-refractivity contribution < 1.29 is 18.3 Å². The smallest absolute Gasteiger partial charge is 0.387 e. The number of benzene rings is 2. The summed E-state index contributed by atoms with van der Waals surface area (Å²) in [7, 11) is 1.58. The highest BCUT2D eigenvalue weighted by molar-refractivity contribution is 6.30. The first-order valence-electron chi connectivity index (χ1n) is 7.95. The molecule has 144 valence electrons. The van der Waals surface area contributed by atoms with Crippen molar-refractivity contribution in [2.75, 3.05) is 7.05 Å². The number of aliphatic imine (C=N–C) groups is 1. The summed E-state index contributed by atoms with van der Waals surface area (Å²) in [6.07, 6.45) is 0. The summed E-state index contributed by atoms with van der Waals surface area (Å²) in [6, 6.07) is 11.2. The van der Waals surface area contributed by atoms with Crippen LogP contribution in [-0.2, 0) is 13.1 Å². The molecule has 0 bridgehead atoms. The number of nitrogens with two attached hydrogens (primary N) is 1. The van der Waals surface area contributed by atoms with Crippen molar-refractivity contribution in [1.29, 1.82) is 0 Å². The van der Waals surface area contributed by atoms with Gasteiger partial charge in [0.25, 0.3) is 0 Å². The molecular formula is C18H19ClF2N4O2. The van der Waals surface area contributed by atoms with Gasteiger partial charge < -0.3 is 21.1 Å². The van der Waals surface area contributed by atoms with Gasteiger partial charge in [-0.25, -0.2) is 0 Å². The number of primary amides is 1. The fraction of sp³-hybridized carbons (Fsp3) is 0.222. The number of ether oxygens (including phenoxy) is 1. The van der Waals surface area contributed by atoms with Crippen LogP contribution in [-0.4, -0.2) is 25.5 Å². The second kappa shape index (κ2) is 9.72. The predicted molar refractivity (Wildman–Crippen MR) is 100 cm³/mol. The number of guanidine groups is 1. The largest absolute Gasteiger partial charge is 0.434 e. The summed E-state index contributed by atoms with van der Waals surface area (Å²) < 4.78 is 29.5. The highest BCUT2D eigenvalue weighted by Crippen LogP contribution is 2.24. The van der Waals surface area contributed by atoms with E-state index in [0.29, 0.717) is 28.7 Å². The van der Waals surface area contributed by atoms with Crippen LogP contribution < -0.4 is 21.1 Å². The van der Waals surface area contributed by atoms with Gasteiger partial charge in [-0.3, -0.25) is 9.79 Å². The highest BCUT2D eigenvalue weighted by Gasteiger charge is 2.11. The maximum absolute atomic E-state index is 12.5. The number of nitrogens with one attached hydrogen (secondary N) is 2. The van der Waals surface area contributed by atoms with E-state index in [1.54, 1.807) is 37.4 Å². The Morgan fingerprint density at radius 2 is 1.85 bits per heavy atom. The van der Waals surface area contributed by atoms with E-state index in [-0.39, 0.29) is 12.3 Å². The second-order valence-corrected chi connectivity index (χ2v) is 5.91. The quantitative estimate of drug-likeness (QED) is 0.496. The first-order valence-corrected chi connectivity index (χ1v) is 8.33. The zero-order valence-corrected chi connectivity index (χ0v) is 15.3. The number of hydrogen-bond donors (Lipinski definition) is 3. The Morgan fingerprint density at radius 3 is 2.44 bits per heavy atom. The fourth-order valence-corrected chi connectivity index (χ4v) is 2.46. The number of rotatable bonds is 7. The molecule has 0 aromatic heterocycles. The van der Waals surface area contributed by atoms with Crippen molar-refractivity contribution in [2.24, 2.45) is 10.7 Å². The summed E-state index contributed by atoms with van der Waals surface area (Å²) in [5, 5.41) is 6.50. The first kappa shape index (κ1) is 20.4. The average Bonchev–Trinajstić information content (AvgIpc) is 2.64. The van der Waals surface area contributed by atoms with Crippen molar-refractivity contribution in [2.45, 2.75) is 19.7 Å². The standard InChI is InChI=1S/C18H19ClF2N4O2/c1-23-18(24-9-11-2-4-12(5-3-11)16(22)26)25-10-13-8-14(19)6-7-15(13)27-17(20)21/h2-8,17H,9-10H2,1H3,(H2,22,26)(H2,23,24,25). The summed E-state index contributed by atoms with van der Waals surface area (Å²) in [6.45, 7) is -2.30. The molecule has 0 unspecified atom stereocenters. The van der Waals surface area contributed by atoms with Crippen LogP contribution in [0, 0.1) is 0 Å². The molecule has 2 aromatic carbocycles. The van der Waals surface area contributed by atoms with Crippen LogP contribution in [0.2, 0.25) is 5.02 Å². The lowest BCUT2D eigenvalue weighted by Crippen LogP contribution is -2.36. The Morgan fingerprint density at radius 1 is 1.19 bits per heavy atom. The normalized spacial score (nSPS) is 11.4. The number of hydrogen-bond acceptors (Lipinski definition) is 3. The molecule has 9 heteroatoms. The number of carbonyl (C=O) groups excluding carboxylic acids is 1. The molecule has 4 N–H and O–H groups in total. The third kappa shape index (κ3) is 6.41. The molecule has 0 aliphatic rings. The van der Waals surface area contributed by atoms with Gasteiger partial charge in [0, 0.05) is 36.3 Å². The average molecular weight is 397 g/mol. The van der Waals surface area contributed by atoms with E-state index < -0.39 is 12.5 Å². The zero-order chi connectivity index (χ0) is 19.8. The van der Waals surface area contributed by atoms with E-state index in [4.69, 9.17) is 17.3 Å². The Labute approximate surface area is 160 Å². The Kier molecular flexibility index (Phi) is 7.36. The van der Waals surface area contributed by atoms with Crippen molar-refractivity contribution in [3.8, 4) is 5.75 Å². The molecule has 2 aromatic rings. The molecule has 0 fully saturated rings. The van der Waals surface area contributed by atoms with E-state index in [1.807, 2.05) is 0 Å². The molecule has 0 radical (unpaired) electrons. The Balaban J connectivity index is 1.96. The number of alkyl halides is 2. The zero-order valence-electron chi connectivity index (χ0n) is 14.5. The van der Waals surface area contributed by atoms with Crippen LogP contribution in [0.1, 0.15) is 21.5 Å². The molecule has 0 heterocycles. The summed E-state index contributed by atoms with van der Waals surface area (Å²) in [4.78, 5) is 15.1. The monoisotopic (exact) mass is 396 g/mol. The van der Waals surface area contributed by atoms with Gasteiger partial charge in [0.2, 0.25) is 5.91 Å². The lowest BCUT2D eigenvalue weighted by atomic mass is 10.1. The Hall–Kier alpha value is -2.87. The van der Waals surface area contributed by atoms with E-state index in [0.717, 1.165) is 5.56 Å². The predicted octanol–water partition coefficient (Wildman–Crippen LogP) is 2.91. The molecule has 2 rings (SSSR count). The third-order valence-electron chi connectivity index (χ3n) is 3.61. The van der Waals surface area contributed by atoms with Crippen molar-refractivity contribution in [1.82, 2.24) is 10.6 Å². The van der Waals surface area contributed by atoms with Crippen molar-refractivity contribution in [3.63, 3.8) is 0 Å². The van der Waals surface area contributed by atoms with Crippen molar-refractivity contribution >= 4 is 23.5 Å². The first-order chi connectivity index (χ1) is 12.9. The van der Waals surface area contributed by atoms with Gasteiger partial charge in [-0.2, -0.15) is 8.78 Å². The molecular weight excluding hydrogens is 378 g/mol. The molecule has 0 aliphatic carbocycles. The van der Waals surface area contributed by atoms with Crippen LogP contribution in [0.3, 0.4) is 0 Å². The fourth-order valence-electron chi connectivity index (χ4n) is 2.27. The van der Waals surface area contributed by atoms with Crippen LogP contribution in [0.15, 0.2) is 47.5 Å². The van der Waals surface area contributed by atoms with Gasteiger partial charge in [0.05, 0.1) is 0 Å². The van der Waals surface area contributed by atoms with E-state index in [9.17, 15) is 13.6 Å². The Bertz CT molecular complexity index is 814. The molecule has 1 amide bonds. The minimum atomic E-state index is -2.93. The minimum Gasteiger partial charge on any atom is -0.434 e. The van der Waals surface area contributed by atoms with Gasteiger partial charge in [-0.05, 0) is 35.9 Å². The van der Waals surface area contributed by atoms with E-state index in [1.165, 1.54) is 12.1 Å². The number of nitrogens with zero attached hydrogens (tertiary/aromatic N) is 1. The molecule has 0 spiro atoms. The van der Waals surface area contributed by atoms with E-state index >= 15 is 0 Å². The van der Waals surface area contributed by atoms with Gasteiger partial charge in [-0.15, -0.1) is 0 Å². The second-order valence-electron chi connectivity index (χ2n) is 5.47. The van der Waals surface area contributed by atoms with E-state index in [2.05, 4.69) is 20.4 Å². The number of halogens is 3. The third-order valence-corrected chi connectivity index (χ3v) is 3.84. The molecule has 0 saturated heterocycles. The number of carbonyl (C=O) groups is 1. The number of amides is 1. The van der Waals surface area contributed by atoms with Crippen LogP contribution in [0.4, 0.5) is 8.78 Å². The maximum atomic E-state index is 12.5.